The number of piperazine rings is 1. The highest BCUT2D eigenvalue weighted by Crippen LogP contribution is 2.35. The van der Waals surface area contributed by atoms with Gasteiger partial charge in [0.1, 0.15) is 41.6 Å². The monoisotopic (exact) mass is 966 g/mol. The second kappa shape index (κ2) is 20.8. The van der Waals surface area contributed by atoms with Crippen LogP contribution < -0.4 is 30.3 Å². The van der Waals surface area contributed by atoms with Crippen molar-refractivity contribution in [2.75, 3.05) is 74.4 Å². The Hall–Kier alpha value is -7.61. The molecule has 0 spiro atoms. The second-order valence-corrected chi connectivity index (χ2v) is 18.8. The lowest BCUT2D eigenvalue weighted by atomic mass is 10.0. The highest BCUT2D eigenvalue weighted by atomic mass is 16.5. The molecule has 10 rings (SSSR count). The van der Waals surface area contributed by atoms with Gasteiger partial charge in [-0.25, -0.2) is 4.68 Å². The van der Waals surface area contributed by atoms with Crippen LogP contribution in [0.1, 0.15) is 90.2 Å². The Kier molecular flexibility index (Phi) is 13.8. The van der Waals surface area contributed by atoms with Gasteiger partial charge in [-0.05, 0) is 100 Å². The highest BCUT2D eigenvalue weighted by molar-refractivity contribution is 6.24. The van der Waals surface area contributed by atoms with Crippen LogP contribution in [0.4, 0.5) is 17.2 Å². The number of carbonyl (C=O) groups is 5. The Morgan fingerprint density at radius 1 is 0.775 bits per heavy atom. The van der Waals surface area contributed by atoms with Gasteiger partial charge in [0.2, 0.25) is 17.7 Å². The van der Waals surface area contributed by atoms with Gasteiger partial charge in [-0.3, -0.25) is 39.1 Å². The first-order valence-electron chi connectivity index (χ1n) is 24.6. The number of nitrogens with zero attached hydrogens (tertiary/aromatic N) is 10. The van der Waals surface area contributed by atoms with E-state index >= 15 is 0 Å². The van der Waals surface area contributed by atoms with E-state index in [9.17, 15) is 29.1 Å². The number of ether oxygens (including phenoxy) is 2. The molecule has 0 saturated carbocycles. The normalized spacial score (nSPS) is 20.1. The standard InChI is InChI=1S/C51H58N12O8/c52-48-44(29-40(55-56-48)38-8-1-2-10-42(38)64)71-37-7-6-22-61(31-37)35-15-13-34(14-16-35)59-27-25-58(26-28-59)21-4-3-12-46(66)60-23-19-36(20-24-60)62-30-33(54-57-62)32-70-43-11-5-9-39-47(43)51(69)63(50(39)68)41-17-18-45(65)53-49(41)67/h1-2,5,8-11,13-16,29-30,36-37,41,64H,3-4,6-7,12,17-28,31-32H2,(H2,52,56)(H,53,65,67)/t37-,41?/m0/s1. The van der Waals surface area contributed by atoms with Crippen molar-refractivity contribution in [1.29, 1.82) is 0 Å². The van der Waals surface area contributed by atoms with Crippen LogP contribution in [0.15, 0.2) is 79.0 Å². The Balaban J connectivity index is 0.618. The van der Waals surface area contributed by atoms with Gasteiger partial charge in [-0.15, -0.1) is 15.3 Å². The van der Waals surface area contributed by atoms with E-state index in [1.807, 2.05) is 21.8 Å². The summed E-state index contributed by atoms with van der Waals surface area (Å²) in [6, 6.07) is 21.3. The Bertz CT molecular complexity index is 2790. The zero-order valence-electron chi connectivity index (χ0n) is 39.5. The largest absolute Gasteiger partial charge is 0.507 e. The van der Waals surface area contributed by atoms with Crippen molar-refractivity contribution in [3.8, 4) is 28.5 Å². The summed E-state index contributed by atoms with van der Waals surface area (Å²) in [6.45, 7) is 7.76. The van der Waals surface area contributed by atoms with Crippen molar-refractivity contribution in [1.82, 2.24) is 45.2 Å². The van der Waals surface area contributed by atoms with Crippen LogP contribution in [0.5, 0.6) is 17.2 Å². The lowest BCUT2D eigenvalue weighted by Gasteiger charge is -2.37. The minimum absolute atomic E-state index is 0.00559. The molecule has 4 fully saturated rings. The smallest absolute Gasteiger partial charge is 0.266 e. The van der Waals surface area contributed by atoms with Crippen molar-refractivity contribution in [2.45, 2.75) is 82.6 Å². The summed E-state index contributed by atoms with van der Waals surface area (Å²) in [5, 5.41) is 29.4. The average molecular weight is 967 g/mol. The Morgan fingerprint density at radius 3 is 2.31 bits per heavy atom. The third-order valence-corrected chi connectivity index (χ3v) is 14.3. The molecule has 3 aromatic carbocycles. The number of hydrogen-bond acceptors (Lipinski definition) is 16. The van der Waals surface area contributed by atoms with E-state index in [0.29, 0.717) is 42.2 Å². The molecule has 71 heavy (non-hydrogen) atoms. The molecule has 5 aromatic rings. The summed E-state index contributed by atoms with van der Waals surface area (Å²) >= 11 is 0. The summed E-state index contributed by atoms with van der Waals surface area (Å²) in [5.74, 6) is -1.15. The molecule has 0 radical (unpaired) electrons. The van der Waals surface area contributed by atoms with E-state index < -0.39 is 29.7 Å². The van der Waals surface area contributed by atoms with Crippen LogP contribution in [0.2, 0.25) is 0 Å². The summed E-state index contributed by atoms with van der Waals surface area (Å²) in [4.78, 5) is 74.2. The predicted octanol–water partition coefficient (Wildman–Crippen LogP) is 4.21. The molecule has 0 bridgehead atoms. The molecular formula is C51H58N12O8. The fraction of sp³-hybridized carbons (Fsp3) is 0.431. The second-order valence-electron chi connectivity index (χ2n) is 18.8. The van der Waals surface area contributed by atoms with Crippen molar-refractivity contribution in [3.05, 3.63) is 95.8 Å². The number of nitrogens with one attached hydrogen (secondary N) is 1. The zero-order chi connectivity index (χ0) is 49.0. The molecule has 5 aliphatic rings. The molecule has 20 nitrogen and oxygen atoms in total. The van der Waals surface area contributed by atoms with Gasteiger partial charge in [0.15, 0.2) is 11.6 Å². The summed E-state index contributed by atoms with van der Waals surface area (Å²) in [5.41, 5.74) is 10.4. The van der Waals surface area contributed by atoms with Crippen LogP contribution in [0.3, 0.4) is 0 Å². The van der Waals surface area contributed by atoms with Crippen molar-refractivity contribution in [3.63, 3.8) is 0 Å². The van der Waals surface area contributed by atoms with Crippen LogP contribution in [-0.4, -0.2) is 146 Å². The topological polar surface area (TPSA) is 235 Å². The number of nitrogens with two attached hydrogens (primary N) is 1. The van der Waals surface area contributed by atoms with Gasteiger partial charge < -0.3 is 35.0 Å². The SMILES string of the molecule is Nc1nnc(-c2ccccc2O)cc1O[C@H]1CCCN(c2ccc(N3CCN(CCCCC(=O)N4CCC(n5cc(COc6cccc7c6C(=O)N(C6CCC(=O)NC6=O)C7=O)nn5)CC4)CC3)cc2)C1. The van der Waals surface area contributed by atoms with Crippen molar-refractivity contribution < 1.29 is 38.6 Å². The van der Waals surface area contributed by atoms with E-state index in [1.165, 1.54) is 11.8 Å². The lowest BCUT2D eigenvalue weighted by molar-refractivity contribution is -0.136. The van der Waals surface area contributed by atoms with E-state index in [0.717, 1.165) is 94.9 Å². The fourth-order valence-electron chi connectivity index (χ4n) is 10.3. The Morgan fingerprint density at radius 2 is 1.54 bits per heavy atom. The minimum Gasteiger partial charge on any atom is -0.507 e. The first-order chi connectivity index (χ1) is 34.6. The molecule has 20 heteroatoms. The molecular weight excluding hydrogens is 909 g/mol. The summed E-state index contributed by atoms with van der Waals surface area (Å²) < 4.78 is 14.2. The predicted molar refractivity (Wildman–Crippen MR) is 261 cm³/mol. The number of aromatic nitrogens is 5. The molecule has 2 aromatic heterocycles. The van der Waals surface area contributed by atoms with Crippen LogP contribution in [0.25, 0.3) is 11.3 Å². The van der Waals surface area contributed by atoms with Crippen molar-refractivity contribution >= 4 is 46.7 Å². The maximum absolute atomic E-state index is 13.4. The zero-order valence-corrected chi connectivity index (χ0v) is 39.5. The van der Waals surface area contributed by atoms with Crippen LogP contribution in [-0.2, 0) is 21.0 Å². The maximum atomic E-state index is 13.4. The highest BCUT2D eigenvalue weighted by Gasteiger charge is 2.46. The van der Waals surface area contributed by atoms with E-state index in [2.05, 4.69) is 64.8 Å². The number of amides is 5. The average Bonchev–Trinajstić information content (AvgIpc) is 3.97. The van der Waals surface area contributed by atoms with E-state index in [4.69, 9.17) is 15.2 Å². The van der Waals surface area contributed by atoms with Crippen LogP contribution >= 0.6 is 0 Å². The number of rotatable bonds is 15. The van der Waals surface area contributed by atoms with E-state index in [1.54, 1.807) is 36.4 Å². The van der Waals surface area contributed by atoms with Gasteiger partial charge >= 0.3 is 0 Å². The number of carbonyl (C=O) groups excluding carboxylic acids is 5. The molecule has 1 unspecified atom stereocenters. The maximum Gasteiger partial charge on any atom is 0.266 e. The van der Waals surface area contributed by atoms with Gasteiger partial charge in [0, 0.05) is 81.7 Å². The molecule has 2 atom stereocenters. The molecule has 4 saturated heterocycles. The lowest BCUT2D eigenvalue weighted by Crippen LogP contribution is -2.54. The number of likely N-dealkylation sites (tertiary alicyclic amines) is 1. The first kappa shape index (κ1) is 47.1. The molecule has 370 valence electrons. The quantitative estimate of drug-likeness (QED) is 0.0985. The summed E-state index contributed by atoms with van der Waals surface area (Å²) in [6.07, 6.45) is 7.57. The first-order valence-corrected chi connectivity index (χ1v) is 24.6. The van der Waals surface area contributed by atoms with Crippen molar-refractivity contribution in [2.24, 2.45) is 0 Å². The van der Waals surface area contributed by atoms with Gasteiger partial charge in [-0.2, -0.15) is 0 Å². The fourth-order valence-corrected chi connectivity index (χ4v) is 10.3. The van der Waals surface area contributed by atoms with Crippen LogP contribution in [0, 0.1) is 0 Å². The number of fused-ring (bicyclic) bond motifs is 1. The number of aromatic hydroxyl groups is 1. The number of anilines is 3. The van der Waals surface area contributed by atoms with E-state index in [-0.39, 0.29) is 65.9 Å². The number of unbranched alkanes of at least 4 members (excludes halogenated alkanes) is 1. The number of phenolic OH excluding ortho intramolecular Hbond substituents is 1. The van der Waals surface area contributed by atoms with Gasteiger partial charge in [0.25, 0.3) is 11.8 Å². The Labute approximate surface area is 410 Å². The minimum atomic E-state index is -1.07. The number of hydrogen-bond donors (Lipinski definition) is 3. The molecule has 7 heterocycles. The third kappa shape index (κ3) is 10.3. The third-order valence-electron chi connectivity index (χ3n) is 14.3. The van der Waals surface area contributed by atoms with Gasteiger partial charge in [0.05, 0.1) is 29.9 Å². The molecule has 5 aliphatic heterocycles. The number of imide groups is 2. The molecule has 0 aliphatic carbocycles. The molecule has 5 amide bonds. The summed E-state index contributed by atoms with van der Waals surface area (Å²) in [7, 11) is 0. The number of para-hydroxylation sites is 1. The molecule has 4 N–H and O–H groups in total. The number of nitrogen functional groups attached to an aromatic ring is 1. The number of phenols is 1. The van der Waals surface area contributed by atoms with Gasteiger partial charge in [-0.1, -0.05) is 23.4 Å². The number of piperidine rings is 3. The number of benzene rings is 3.